The number of halogens is 1. The molecule has 1 aliphatic heterocycles. The van der Waals surface area contributed by atoms with Gasteiger partial charge >= 0.3 is 0 Å². The minimum absolute atomic E-state index is 0.0789. The Morgan fingerprint density at radius 2 is 1.97 bits per heavy atom. The van der Waals surface area contributed by atoms with E-state index in [0.717, 1.165) is 49.1 Å². The molecule has 1 aromatic carbocycles. The molecule has 0 bridgehead atoms. The maximum Gasteiger partial charge on any atom is 0.238 e. The van der Waals surface area contributed by atoms with E-state index in [-0.39, 0.29) is 17.5 Å². The SMILES string of the molecule is Cc1nn(C)cc1Nc1ncc(F)c(-c2c[nH]c3c(NC(=O)CN4CCN(C)CC4)cccc23)n1. The van der Waals surface area contributed by atoms with Gasteiger partial charge in [0.2, 0.25) is 11.9 Å². The number of H-pyrrole nitrogens is 1. The Balaban J connectivity index is 1.39. The number of para-hydroxylation sites is 1. The third-order valence-electron chi connectivity index (χ3n) is 6.21. The standard InChI is InChI=1S/C24H28FN9O/c1-15-20(13-33(3)31-15)29-24-27-12-18(25)22(30-24)17-11-26-23-16(17)5-4-6-19(23)28-21(35)14-34-9-7-32(2)8-10-34/h4-6,11-13,26H,7-10,14H2,1-3H3,(H,28,35)(H,27,29,30). The Bertz CT molecular complexity index is 1370. The molecule has 10 nitrogen and oxygen atoms in total. The first-order valence-electron chi connectivity index (χ1n) is 11.5. The maximum absolute atomic E-state index is 14.8. The van der Waals surface area contributed by atoms with Gasteiger partial charge in [-0.2, -0.15) is 5.10 Å². The van der Waals surface area contributed by atoms with E-state index in [4.69, 9.17) is 0 Å². The van der Waals surface area contributed by atoms with Crippen LogP contribution in [0.25, 0.3) is 22.2 Å². The molecule has 0 aliphatic carbocycles. The highest BCUT2D eigenvalue weighted by molar-refractivity contribution is 6.06. The third kappa shape index (κ3) is 4.86. The van der Waals surface area contributed by atoms with E-state index in [9.17, 15) is 9.18 Å². The monoisotopic (exact) mass is 477 g/mol. The third-order valence-corrected chi connectivity index (χ3v) is 6.21. The molecule has 3 aromatic heterocycles. The van der Waals surface area contributed by atoms with Gasteiger partial charge in [-0.05, 0) is 20.0 Å². The number of anilines is 3. The molecule has 0 radical (unpaired) electrons. The van der Waals surface area contributed by atoms with Crippen LogP contribution < -0.4 is 10.6 Å². The van der Waals surface area contributed by atoms with Crippen LogP contribution in [-0.4, -0.2) is 80.2 Å². The Labute approximate surface area is 202 Å². The summed E-state index contributed by atoms with van der Waals surface area (Å²) in [7, 11) is 3.91. The van der Waals surface area contributed by atoms with Crippen molar-refractivity contribution in [2.45, 2.75) is 6.92 Å². The molecule has 4 heterocycles. The van der Waals surface area contributed by atoms with E-state index < -0.39 is 5.82 Å². The lowest BCUT2D eigenvalue weighted by molar-refractivity contribution is -0.117. The van der Waals surface area contributed by atoms with Crippen LogP contribution in [0, 0.1) is 12.7 Å². The molecular weight excluding hydrogens is 449 g/mol. The summed E-state index contributed by atoms with van der Waals surface area (Å²) in [5, 5.41) is 11.1. The van der Waals surface area contributed by atoms with Gasteiger partial charge < -0.3 is 20.5 Å². The Hall–Kier alpha value is -3.83. The van der Waals surface area contributed by atoms with Crippen molar-refractivity contribution in [3.63, 3.8) is 0 Å². The number of aryl methyl sites for hydroxylation is 2. The molecule has 5 rings (SSSR count). The van der Waals surface area contributed by atoms with Gasteiger partial charge in [-0.15, -0.1) is 0 Å². The molecule has 1 fully saturated rings. The zero-order chi connectivity index (χ0) is 24.5. The summed E-state index contributed by atoms with van der Waals surface area (Å²) < 4.78 is 16.5. The molecule has 1 aliphatic rings. The van der Waals surface area contributed by atoms with Gasteiger partial charge in [0.15, 0.2) is 5.82 Å². The molecule has 0 saturated carbocycles. The molecule has 35 heavy (non-hydrogen) atoms. The van der Waals surface area contributed by atoms with Crippen LogP contribution in [0.3, 0.4) is 0 Å². The zero-order valence-corrected chi connectivity index (χ0v) is 20.0. The molecule has 1 saturated heterocycles. The van der Waals surface area contributed by atoms with Crippen LogP contribution >= 0.6 is 0 Å². The average molecular weight is 478 g/mol. The van der Waals surface area contributed by atoms with Gasteiger partial charge in [0, 0.05) is 56.6 Å². The average Bonchev–Trinajstić information content (AvgIpc) is 3.39. The van der Waals surface area contributed by atoms with E-state index >= 15 is 0 Å². The Kier molecular flexibility index (Phi) is 6.18. The summed E-state index contributed by atoms with van der Waals surface area (Å²) in [5.74, 6) is -0.350. The smallest absolute Gasteiger partial charge is 0.238 e. The van der Waals surface area contributed by atoms with Crippen LogP contribution in [-0.2, 0) is 11.8 Å². The van der Waals surface area contributed by atoms with Gasteiger partial charge in [-0.3, -0.25) is 14.4 Å². The molecule has 0 spiro atoms. The number of aromatic amines is 1. The number of rotatable bonds is 6. The number of aromatic nitrogens is 5. The first-order chi connectivity index (χ1) is 16.9. The van der Waals surface area contributed by atoms with E-state index in [1.807, 2.05) is 38.4 Å². The van der Waals surface area contributed by atoms with Crippen molar-refractivity contribution in [3.8, 4) is 11.3 Å². The van der Waals surface area contributed by atoms with Crippen molar-refractivity contribution in [1.29, 1.82) is 0 Å². The highest BCUT2D eigenvalue weighted by Gasteiger charge is 2.19. The lowest BCUT2D eigenvalue weighted by Gasteiger charge is -2.31. The highest BCUT2D eigenvalue weighted by atomic mass is 19.1. The van der Waals surface area contributed by atoms with Crippen LogP contribution in [0.15, 0.2) is 36.8 Å². The Morgan fingerprint density at radius 3 is 2.71 bits per heavy atom. The van der Waals surface area contributed by atoms with Crippen molar-refractivity contribution >= 4 is 34.1 Å². The second kappa shape index (κ2) is 9.43. The van der Waals surface area contributed by atoms with Crippen molar-refractivity contribution in [3.05, 3.63) is 48.3 Å². The highest BCUT2D eigenvalue weighted by Crippen LogP contribution is 2.33. The quantitative estimate of drug-likeness (QED) is 0.392. The molecule has 3 N–H and O–H groups in total. The molecular formula is C24H28FN9O. The summed E-state index contributed by atoms with van der Waals surface area (Å²) >= 11 is 0. The molecule has 0 unspecified atom stereocenters. The van der Waals surface area contributed by atoms with Gasteiger partial charge in [0.1, 0.15) is 5.69 Å². The first-order valence-corrected chi connectivity index (χ1v) is 11.5. The summed E-state index contributed by atoms with van der Waals surface area (Å²) in [6.07, 6.45) is 4.66. The first kappa shape index (κ1) is 22.9. The van der Waals surface area contributed by atoms with Crippen molar-refractivity contribution < 1.29 is 9.18 Å². The molecule has 1 amide bonds. The Morgan fingerprint density at radius 1 is 1.17 bits per heavy atom. The van der Waals surface area contributed by atoms with Gasteiger partial charge in [0.05, 0.1) is 35.3 Å². The van der Waals surface area contributed by atoms with Crippen LogP contribution in [0.5, 0.6) is 0 Å². The van der Waals surface area contributed by atoms with Gasteiger partial charge in [0.25, 0.3) is 0 Å². The fourth-order valence-electron chi connectivity index (χ4n) is 4.31. The molecule has 4 aromatic rings. The number of piperazine rings is 1. The molecule has 182 valence electrons. The predicted molar refractivity (Wildman–Crippen MR) is 133 cm³/mol. The van der Waals surface area contributed by atoms with Crippen LogP contribution in [0.1, 0.15) is 5.69 Å². The summed E-state index contributed by atoms with van der Waals surface area (Å²) in [6, 6.07) is 5.54. The second-order valence-electron chi connectivity index (χ2n) is 8.88. The topological polar surface area (TPSA) is 107 Å². The minimum atomic E-state index is -0.538. The van der Waals surface area contributed by atoms with Crippen LogP contribution in [0.4, 0.5) is 21.7 Å². The largest absolute Gasteiger partial charge is 0.359 e. The number of hydrogen-bond acceptors (Lipinski definition) is 7. The fourth-order valence-corrected chi connectivity index (χ4v) is 4.31. The van der Waals surface area contributed by atoms with Crippen molar-refractivity contribution in [1.82, 2.24) is 34.5 Å². The molecule has 0 atom stereocenters. The van der Waals surface area contributed by atoms with E-state index in [2.05, 4.69) is 47.5 Å². The summed E-state index contributed by atoms with van der Waals surface area (Å²) in [6.45, 7) is 5.83. The number of carbonyl (C=O) groups is 1. The second-order valence-corrected chi connectivity index (χ2v) is 8.88. The number of benzene rings is 1. The summed E-state index contributed by atoms with van der Waals surface area (Å²) in [4.78, 5) is 28.8. The lowest BCUT2D eigenvalue weighted by atomic mass is 10.1. The number of fused-ring (bicyclic) bond motifs is 1. The van der Waals surface area contributed by atoms with Crippen molar-refractivity contribution in [2.24, 2.45) is 7.05 Å². The van der Waals surface area contributed by atoms with Crippen molar-refractivity contribution in [2.75, 3.05) is 50.4 Å². The normalized spacial score (nSPS) is 15.0. The number of amides is 1. The number of carbonyl (C=O) groups excluding carboxylic acids is 1. The zero-order valence-electron chi connectivity index (χ0n) is 20.0. The fraction of sp³-hybridized carbons (Fsp3) is 0.333. The van der Waals surface area contributed by atoms with E-state index in [1.165, 1.54) is 0 Å². The predicted octanol–water partition coefficient (Wildman–Crippen LogP) is 2.74. The lowest BCUT2D eigenvalue weighted by Crippen LogP contribution is -2.47. The van der Waals surface area contributed by atoms with E-state index in [1.54, 1.807) is 10.9 Å². The number of nitrogens with zero attached hydrogens (tertiary/aromatic N) is 6. The number of hydrogen-bond donors (Lipinski definition) is 3. The maximum atomic E-state index is 14.8. The molecule has 11 heteroatoms. The van der Waals surface area contributed by atoms with E-state index in [0.29, 0.717) is 23.3 Å². The van der Waals surface area contributed by atoms with Gasteiger partial charge in [-0.25, -0.2) is 14.4 Å². The van der Waals surface area contributed by atoms with Gasteiger partial charge in [-0.1, -0.05) is 12.1 Å². The van der Waals surface area contributed by atoms with Crippen LogP contribution in [0.2, 0.25) is 0 Å². The number of nitrogens with one attached hydrogen (secondary N) is 3. The number of likely N-dealkylation sites (N-methyl/N-ethyl adjacent to an activating group) is 1. The summed E-state index contributed by atoms with van der Waals surface area (Å²) in [5.41, 5.74) is 3.63. The minimum Gasteiger partial charge on any atom is -0.359 e.